The molecule has 0 aliphatic carbocycles. The molecular formula is C17H21NO2. The lowest BCUT2D eigenvalue weighted by Gasteiger charge is -2.35. The number of fused-ring (bicyclic) bond motifs is 1. The van der Waals surface area contributed by atoms with Crippen molar-refractivity contribution in [1.82, 2.24) is 5.32 Å². The lowest BCUT2D eigenvalue weighted by Crippen LogP contribution is -2.54. The van der Waals surface area contributed by atoms with Gasteiger partial charge in [-0.15, -0.1) is 0 Å². The molecule has 3 nitrogen and oxygen atoms in total. The molecule has 0 bridgehead atoms. The zero-order valence-electron chi connectivity index (χ0n) is 12.1. The van der Waals surface area contributed by atoms with Gasteiger partial charge >= 0.3 is 0 Å². The minimum Gasteiger partial charge on any atom is -0.491 e. The lowest BCUT2D eigenvalue weighted by molar-refractivity contribution is -0.0411. The number of rotatable bonds is 3. The van der Waals surface area contributed by atoms with Crippen LogP contribution in [0.5, 0.6) is 5.75 Å². The maximum absolute atomic E-state index is 5.86. The Labute approximate surface area is 119 Å². The monoisotopic (exact) mass is 271 g/mol. The summed E-state index contributed by atoms with van der Waals surface area (Å²) >= 11 is 0. The summed E-state index contributed by atoms with van der Waals surface area (Å²) in [6, 6.07) is 14.5. The molecule has 20 heavy (non-hydrogen) atoms. The van der Waals surface area contributed by atoms with E-state index in [1.54, 1.807) is 0 Å². The number of ether oxygens (including phenoxy) is 2. The van der Waals surface area contributed by atoms with Crippen molar-refractivity contribution in [3.05, 3.63) is 42.5 Å². The van der Waals surface area contributed by atoms with Crippen LogP contribution < -0.4 is 10.1 Å². The van der Waals surface area contributed by atoms with Crippen LogP contribution >= 0.6 is 0 Å². The normalized spacial score (nSPS) is 21.8. The fourth-order valence-electron chi connectivity index (χ4n) is 2.38. The summed E-state index contributed by atoms with van der Waals surface area (Å²) in [7, 11) is 0. The fourth-order valence-corrected chi connectivity index (χ4v) is 2.38. The molecule has 1 N–H and O–H groups in total. The first-order valence-electron chi connectivity index (χ1n) is 7.11. The van der Waals surface area contributed by atoms with Crippen molar-refractivity contribution < 1.29 is 9.47 Å². The molecule has 3 rings (SSSR count). The zero-order chi connectivity index (χ0) is 14.0. The summed E-state index contributed by atoms with van der Waals surface area (Å²) < 4.78 is 11.7. The summed E-state index contributed by atoms with van der Waals surface area (Å²) in [4.78, 5) is 0. The van der Waals surface area contributed by atoms with Crippen LogP contribution in [0.2, 0.25) is 0 Å². The highest BCUT2D eigenvalue weighted by Crippen LogP contribution is 2.21. The Bertz CT molecular complexity index is 584. The van der Waals surface area contributed by atoms with Crippen LogP contribution in [-0.4, -0.2) is 31.4 Å². The van der Waals surface area contributed by atoms with E-state index >= 15 is 0 Å². The Morgan fingerprint density at radius 1 is 1.20 bits per heavy atom. The molecule has 1 saturated heterocycles. The largest absolute Gasteiger partial charge is 0.491 e. The summed E-state index contributed by atoms with van der Waals surface area (Å²) in [5, 5.41) is 5.91. The van der Waals surface area contributed by atoms with E-state index in [2.05, 4.69) is 43.4 Å². The van der Waals surface area contributed by atoms with E-state index in [-0.39, 0.29) is 11.6 Å². The second-order valence-corrected chi connectivity index (χ2v) is 6.02. The maximum Gasteiger partial charge on any atom is 0.120 e. The number of morpholine rings is 1. The SMILES string of the molecule is CC1(C)COC(COc2ccc3ccccc3c2)CN1. The quantitative estimate of drug-likeness (QED) is 0.931. The second kappa shape index (κ2) is 5.43. The fraction of sp³-hybridized carbons (Fsp3) is 0.412. The van der Waals surface area contributed by atoms with Gasteiger partial charge in [-0.25, -0.2) is 0 Å². The van der Waals surface area contributed by atoms with Crippen LogP contribution in [0.4, 0.5) is 0 Å². The molecule has 1 aliphatic rings. The maximum atomic E-state index is 5.86. The topological polar surface area (TPSA) is 30.5 Å². The first-order valence-corrected chi connectivity index (χ1v) is 7.11. The average Bonchev–Trinajstić information content (AvgIpc) is 2.46. The van der Waals surface area contributed by atoms with Crippen LogP contribution in [-0.2, 0) is 4.74 Å². The van der Waals surface area contributed by atoms with Crippen molar-refractivity contribution in [1.29, 1.82) is 0 Å². The van der Waals surface area contributed by atoms with Gasteiger partial charge in [-0.2, -0.15) is 0 Å². The van der Waals surface area contributed by atoms with E-state index in [9.17, 15) is 0 Å². The number of hydrogen-bond acceptors (Lipinski definition) is 3. The first-order chi connectivity index (χ1) is 9.62. The molecule has 2 aromatic carbocycles. The van der Waals surface area contributed by atoms with Crippen molar-refractivity contribution in [3.8, 4) is 5.75 Å². The van der Waals surface area contributed by atoms with Gasteiger partial charge in [0.15, 0.2) is 0 Å². The highest BCUT2D eigenvalue weighted by molar-refractivity contribution is 5.83. The van der Waals surface area contributed by atoms with Crippen LogP contribution in [0.15, 0.2) is 42.5 Å². The van der Waals surface area contributed by atoms with E-state index in [0.717, 1.165) is 18.9 Å². The van der Waals surface area contributed by atoms with Crippen LogP contribution in [0.3, 0.4) is 0 Å². The van der Waals surface area contributed by atoms with E-state index < -0.39 is 0 Å². The van der Waals surface area contributed by atoms with Gasteiger partial charge < -0.3 is 14.8 Å². The first kappa shape index (κ1) is 13.4. The molecule has 0 saturated carbocycles. The lowest BCUT2D eigenvalue weighted by atomic mass is 10.1. The molecule has 1 fully saturated rings. The highest BCUT2D eigenvalue weighted by atomic mass is 16.5. The number of hydrogen-bond donors (Lipinski definition) is 1. The highest BCUT2D eigenvalue weighted by Gasteiger charge is 2.26. The molecular weight excluding hydrogens is 250 g/mol. The van der Waals surface area contributed by atoms with Gasteiger partial charge in [-0.05, 0) is 36.8 Å². The average molecular weight is 271 g/mol. The van der Waals surface area contributed by atoms with E-state index in [4.69, 9.17) is 9.47 Å². The van der Waals surface area contributed by atoms with E-state index in [1.165, 1.54) is 10.8 Å². The van der Waals surface area contributed by atoms with Crippen LogP contribution in [0.25, 0.3) is 10.8 Å². The molecule has 0 spiro atoms. The Morgan fingerprint density at radius 3 is 2.75 bits per heavy atom. The summed E-state index contributed by atoms with van der Waals surface area (Å²) in [6.07, 6.45) is 0.120. The van der Waals surface area contributed by atoms with Crippen molar-refractivity contribution >= 4 is 10.8 Å². The van der Waals surface area contributed by atoms with E-state index in [0.29, 0.717) is 6.61 Å². The third kappa shape index (κ3) is 3.11. The van der Waals surface area contributed by atoms with Crippen LogP contribution in [0.1, 0.15) is 13.8 Å². The predicted octanol–water partition coefficient (Wildman–Crippen LogP) is 2.99. The molecule has 0 aromatic heterocycles. The molecule has 106 valence electrons. The smallest absolute Gasteiger partial charge is 0.120 e. The third-order valence-corrected chi connectivity index (χ3v) is 3.64. The molecule has 1 heterocycles. The molecule has 1 atom stereocenters. The second-order valence-electron chi connectivity index (χ2n) is 6.02. The van der Waals surface area contributed by atoms with Crippen molar-refractivity contribution in [2.24, 2.45) is 0 Å². The molecule has 3 heteroatoms. The third-order valence-electron chi connectivity index (χ3n) is 3.64. The van der Waals surface area contributed by atoms with Crippen molar-refractivity contribution in [2.75, 3.05) is 19.8 Å². The van der Waals surface area contributed by atoms with Gasteiger partial charge in [0.1, 0.15) is 18.5 Å². The van der Waals surface area contributed by atoms with E-state index in [1.807, 2.05) is 18.2 Å². The predicted molar refractivity (Wildman–Crippen MR) is 81.3 cm³/mol. The van der Waals surface area contributed by atoms with Gasteiger partial charge in [-0.1, -0.05) is 30.3 Å². The Kier molecular flexibility index (Phi) is 3.64. The minimum absolute atomic E-state index is 0.0689. The zero-order valence-corrected chi connectivity index (χ0v) is 12.1. The minimum atomic E-state index is 0.0689. The summed E-state index contributed by atoms with van der Waals surface area (Å²) in [5.74, 6) is 0.900. The molecule has 1 unspecified atom stereocenters. The Hall–Kier alpha value is -1.58. The number of nitrogens with one attached hydrogen (secondary N) is 1. The Morgan fingerprint density at radius 2 is 2.00 bits per heavy atom. The van der Waals surface area contributed by atoms with Gasteiger partial charge in [0.25, 0.3) is 0 Å². The van der Waals surface area contributed by atoms with Crippen molar-refractivity contribution in [3.63, 3.8) is 0 Å². The Balaban J connectivity index is 1.60. The summed E-state index contributed by atoms with van der Waals surface area (Å²) in [6.45, 7) is 6.43. The van der Waals surface area contributed by atoms with Gasteiger partial charge in [-0.3, -0.25) is 0 Å². The molecule has 0 radical (unpaired) electrons. The van der Waals surface area contributed by atoms with Gasteiger partial charge in [0.05, 0.1) is 6.61 Å². The van der Waals surface area contributed by atoms with Gasteiger partial charge in [0.2, 0.25) is 0 Å². The van der Waals surface area contributed by atoms with Crippen LogP contribution in [0, 0.1) is 0 Å². The number of benzene rings is 2. The van der Waals surface area contributed by atoms with Gasteiger partial charge in [0, 0.05) is 12.1 Å². The molecule has 1 aliphatic heterocycles. The standard InChI is InChI=1S/C17H21NO2/c1-17(2)12-20-16(10-18-17)11-19-15-8-7-13-5-3-4-6-14(13)9-15/h3-9,16,18H,10-12H2,1-2H3. The van der Waals surface area contributed by atoms with Crippen molar-refractivity contribution in [2.45, 2.75) is 25.5 Å². The molecule has 2 aromatic rings. The summed E-state index contributed by atoms with van der Waals surface area (Å²) in [5.41, 5.74) is 0.0689. The molecule has 0 amide bonds.